The number of hydrogen-bond donors (Lipinski definition) is 1. The lowest BCUT2D eigenvalue weighted by atomic mass is 9.68. The molecule has 0 radical (unpaired) electrons. The molecule has 4 heteroatoms. The van der Waals surface area contributed by atoms with E-state index in [-0.39, 0.29) is 11.4 Å². The number of ether oxygens (including phenoxy) is 1. The minimum atomic E-state index is -0.270. The van der Waals surface area contributed by atoms with Crippen molar-refractivity contribution in [3.63, 3.8) is 0 Å². The molecule has 1 N–H and O–H groups in total. The summed E-state index contributed by atoms with van der Waals surface area (Å²) in [5.41, 5.74) is -0.270. The van der Waals surface area contributed by atoms with Gasteiger partial charge in [-0.2, -0.15) is 0 Å². The molecule has 0 aliphatic heterocycles. The second-order valence-electron chi connectivity index (χ2n) is 5.06. The first kappa shape index (κ1) is 13.1. The molecule has 4 nitrogen and oxygen atoms in total. The van der Waals surface area contributed by atoms with Crippen molar-refractivity contribution in [2.24, 2.45) is 5.41 Å². The zero-order chi connectivity index (χ0) is 13.0. The highest BCUT2D eigenvalue weighted by atomic mass is 16.5. The van der Waals surface area contributed by atoms with Crippen molar-refractivity contribution in [1.29, 1.82) is 0 Å². The van der Waals surface area contributed by atoms with Gasteiger partial charge in [0.15, 0.2) is 0 Å². The van der Waals surface area contributed by atoms with E-state index in [4.69, 9.17) is 9.15 Å². The van der Waals surface area contributed by atoms with Crippen LogP contribution in [0.15, 0.2) is 16.5 Å². The highest BCUT2D eigenvalue weighted by Gasteiger charge is 2.44. The minimum Gasteiger partial charge on any atom is -0.469 e. The van der Waals surface area contributed by atoms with Gasteiger partial charge in [0.1, 0.15) is 11.5 Å². The average molecular weight is 251 g/mol. The third kappa shape index (κ3) is 2.75. The highest BCUT2D eigenvalue weighted by Crippen LogP contribution is 2.41. The summed E-state index contributed by atoms with van der Waals surface area (Å²) in [6.45, 7) is 3.47. The zero-order valence-electron chi connectivity index (χ0n) is 11.1. The van der Waals surface area contributed by atoms with Crippen LogP contribution in [0.4, 0.5) is 0 Å². The Bertz CT molecular complexity index is 407. The molecule has 1 aliphatic rings. The van der Waals surface area contributed by atoms with E-state index in [1.807, 2.05) is 19.1 Å². The molecular formula is C14H21NO3. The fourth-order valence-electron chi connectivity index (χ4n) is 2.43. The van der Waals surface area contributed by atoms with Crippen molar-refractivity contribution in [2.45, 2.75) is 32.6 Å². The normalized spacial score (nSPS) is 17.2. The summed E-state index contributed by atoms with van der Waals surface area (Å²) in [7, 11) is 1.47. The van der Waals surface area contributed by atoms with E-state index in [2.05, 4.69) is 5.32 Å². The van der Waals surface area contributed by atoms with Gasteiger partial charge >= 0.3 is 5.97 Å². The van der Waals surface area contributed by atoms with Gasteiger partial charge in [-0.15, -0.1) is 0 Å². The number of hydrogen-bond acceptors (Lipinski definition) is 4. The number of furan rings is 1. The molecule has 18 heavy (non-hydrogen) atoms. The minimum absolute atomic E-state index is 0.0740. The SMILES string of the molecule is COC(=O)C1(CNCCc2ccc(C)o2)CCC1. The first-order valence-electron chi connectivity index (χ1n) is 6.51. The first-order valence-corrected chi connectivity index (χ1v) is 6.51. The topological polar surface area (TPSA) is 51.5 Å². The van der Waals surface area contributed by atoms with E-state index in [9.17, 15) is 4.79 Å². The summed E-state index contributed by atoms with van der Waals surface area (Å²) >= 11 is 0. The Morgan fingerprint density at radius 3 is 2.78 bits per heavy atom. The number of rotatable bonds is 6. The number of methoxy groups -OCH3 is 1. The molecule has 0 aromatic carbocycles. The summed E-state index contributed by atoms with van der Waals surface area (Å²) < 4.78 is 10.4. The van der Waals surface area contributed by atoms with E-state index in [0.29, 0.717) is 6.54 Å². The third-order valence-corrected chi connectivity index (χ3v) is 3.74. The predicted octanol–water partition coefficient (Wildman–Crippen LogP) is 2.06. The Morgan fingerprint density at radius 2 is 2.28 bits per heavy atom. The molecule has 1 aliphatic carbocycles. The summed E-state index contributed by atoms with van der Waals surface area (Å²) in [5, 5.41) is 3.34. The first-order chi connectivity index (χ1) is 8.66. The van der Waals surface area contributed by atoms with Crippen LogP contribution in [0.1, 0.15) is 30.8 Å². The van der Waals surface area contributed by atoms with Gasteiger partial charge in [0, 0.05) is 19.5 Å². The molecule has 0 atom stereocenters. The maximum Gasteiger partial charge on any atom is 0.313 e. The fraction of sp³-hybridized carbons (Fsp3) is 0.643. The molecule has 0 bridgehead atoms. The molecule has 1 fully saturated rings. The highest BCUT2D eigenvalue weighted by molar-refractivity contribution is 5.78. The number of esters is 1. The Morgan fingerprint density at radius 1 is 1.50 bits per heavy atom. The fourth-order valence-corrected chi connectivity index (χ4v) is 2.43. The van der Waals surface area contributed by atoms with Gasteiger partial charge in [0.05, 0.1) is 12.5 Å². The Hall–Kier alpha value is -1.29. The Kier molecular flexibility index (Phi) is 4.07. The van der Waals surface area contributed by atoms with Gasteiger partial charge in [-0.1, -0.05) is 6.42 Å². The van der Waals surface area contributed by atoms with Gasteiger partial charge in [0.2, 0.25) is 0 Å². The van der Waals surface area contributed by atoms with E-state index >= 15 is 0 Å². The maximum absolute atomic E-state index is 11.7. The molecule has 1 saturated carbocycles. The molecule has 100 valence electrons. The van der Waals surface area contributed by atoms with Crippen LogP contribution in [0.3, 0.4) is 0 Å². The number of carbonyl (C=O) groups excluding carboxylic acids is 1. The lowest BCUT2D eigenvalue weighted by Crippen LogP contribution is -2.47. The van der Waals surface area contributed by atoms with Crippen LogP contribution in [-0.4, -0.2) is 26.2 Å². The van der Waals surface area contributed by atoms with Crippen molar-refractivity contribution in [2.75, 3.05) is 20.2 Å². The van der Waals surface area contributed by atoms with Crippen molar-refractivity contribution >= 4 is 5.97 Å². The van der Waals surface area contributed by atoms with Crippen LogP contribution < -0.4 is 5.32 Å². The molecular weight excluding hydrogens is 230 g/mol. The van der Waals surface area contributed by atoms with Crippen LogP contribution in [-0.2, 0) is 16.0 Å². The smallest absolute Gasteiger partial charge is 0.313 e. The molecule has 0 amide bonds. The zero-order valence-corrected chi connectivity index (χ0v) is 11.1. The Labute approximate surface area is 108 Å². The lowest BCUT2D eigenvalue weighted by molar-refractivity contribution is -0.158. The quantitative estimate of drug-likeness (QED) is 0.621. The molecule has 0 saturated heterocycles. The van der Waals surface area contributed by atoms with Crippen molar-refractivity contribution in [1.82, 2.24) is 5.32 Å². The van der Waals surface area contributed by atoms with Gasteiger partial charge in [-0.3, -0.25) is 4.79 Å². The van der Waals surface area contributed by atoms with Crippen LogP contribution in [0.5, 0.6) is 0 Å². The standard InChI is InChI=1S/C14H21NO3/c1-11-4-5-12(18-11)6-9-15-10-14(7-3-8-14)13(16)17-2/h4-5,15H,3,6-10H2,1-2H3. The van der Waals surface area contributed by atoms with E-state index in [1.165, 1.54) is 7.11 Å². The van der Waals surface area contributed by atoms with Crippen LogP contribution in [0, 0.1) is 12.3 Å². The lowest BCUT2D eigenvalue weighted by Gasteiger charge is -2.38. The molecule has 1 aromatic heterocycles. The second-order valence-corrected chi connectivity index (χ2v) is 5.06. The van der Waals surface area contributed by atoms with Gasteiger partial charge in [-0.25, -0.2) is 0 Å². The van der Waals surface area contributed by atoms with Gasteiger partial charge in [0.25, 0.3) is 0 Å². The Balaban J connectivity index is 1.73. The molecule has 0 unspecified atom stereocenters. The van der Waals surface area contributed by atoms with Crippen LogP contribution in [0.2, 0.25) is 0 Å². The van der Waals surface area contributed by atoms with E-state index in [1.54, 1.807) is 0 Å². The molecule has 1 heterocycles. The maximum atomic E-state index is 11.7. The predicted molar refractivity (Wildman–Crippen MR) is 68.3 cm³/mol. The van der Waals surface area contributed by atoms with Crippen LogP contribution >= 0.6 is 0 Å². The summed E-state index contributed by atoms with van der Waals surface area (Å²) in [6, 6.07) is 3.97. The molecule has 2 rings (SSSR count). The number of nitrogens with one attached hydrogen (secondary N) is 1. The summed E-state index contributed by atoms with van der Waals surface area (Å²) in [5.74, 6) is 1.85. The van der Waals surface area contributed by atoms with E-state index < -0.39 is 0 Å². The number of carbonyl (C=O) groups is 1. The molecule has 1 aromatic rings. The van der Waals surface area contributed by atoms with Gasteiger partial charge < -0.3 is 14.5 Å². The molecule has 0 spiro atoms. The second kappa shape index (κ2) is 5.57. The van der Waals surface area contributed by atoms with Crippen LogP contribution in [0.25, 0.3) is 0 Å². The third-order valence-electron chi connectivity index (χ3n) is 3.74. The van der Waals surface area contributed by atoms with Gasteiger partial charge in [-0.05, 0) is 31.9 Å². The van der Waals surface area contributed by atoms with Crippen molar-refractivity contribution in [3.8, 4) is 0 Å². The summed E-state index contributed by atoms with van der Waals surface area (Å²) in [6.07, 6.45) is 3.85. The average Bonchev–Trinajstić information content (AvgIpc) is 2.72. The largest absolute Gasteiger partial charge is 0.469 e. The van der Waals surface area contributed by atoms with Crippen molar-refractivity contribution in [3.05, 3.63) is 23.7 Å². The van der Waals surface area contributed by atoms with Crippen molar-refractivity contribution < 1.29 is 13.9 Å². The monoisotopic (exact) mass is 251 g/mol. The number of aryl methyl sites for hydroxylation is 1. The summed E-state index contributed by atoms with van der Waals surface area (Å²) in [4.78, 5) is 11.7. The van der Waals surface area contributed by atoms with E-state index in [0.717, 1.165) is 43.7 Å².